The van der Waals surface area contributed by atoms with Gasteiger partial charge in [0.1, 0.15) is 0 Å². The zero-order valence-electron chi connectivity index (χ0n) is 11.0. The highest BCUT2D eigenvalue weighted by molar-refractivity contribution is 5.90. The average Bonchev–Trinajstić information content (AvgIpc) is 3.02. The Morgan fingerprint density at radius 3 is 2.89 bits per heavy atom. The lowest BCUT2D eigenvalue weighted by Gasteiger charge is -2.13. The number of carbonyl (C=O) groups excluding carboxylic acids is 1. The van der Waals surface area contributed by atoms with Crippen LogP contribution < -0.4 is 11.1 Å². The molecule has 3 N–H and O–H groups in total. The van der Waals surface area contributed by atoms with Crippen LogP contribution in [-0.2, 0) is 4.79 Å². The summed E-state index contributed by atoms with van der Waals surface area (Å²) in [6.07, 6.45) is 2.19. The lowest BCUT2D eigenvalue weighted by atomic mass is 10.1. The Morgan fingerprint density at radius 2 is 2.26 bits per heavy atom. The zero-order valence-corrected chi connectivity index (χ0v) is 11.0. The van der Waals surface area contributed by atoms with Crippen LogP contribution in [0.4, 0.5) is 6.01 Å². The molecule has 0 spiro atoms. The van der Waals surface area contributed by atoms with Gasteiger partial charge in [-0.1, -0.05) is 12.0 Å². The number of nitrogens with zero attached hydrogens (tertiary/aromatic N) is 3. The summed E-state index contributed by atoms with van der Waals surface area (Å²) in [6.45, 7) is 4.03. The Morgan fingerprint density at radius 1 is 1.47 bits per heavy atom. The predicted molar refractivity (Wildman–Crippen MR) is 68.5 cm³/mol. The number of anilines is 1. The van der Waals surface area contributed by atoms with Crippen LogP contribution >= 0.6 is 0 Å². The first-order valence-corrected chi connectivity index (χ1v) is 6.73. The largest absolute Gasteiger partial charge is 0.408 e. The van der Waals surface area contributed by atoms with Gasteiger partial charge >= 0.3 is 6.01 Å². The number of hydrogen-bond acceptors (Lipinski definition) is 6. The molecule has 2 heterocycles. The predicted octanol–water partition coefficient (Wildman–Crippen LogP) is 0.165. The van der Waals surface area contributed by atoms with Crippen molar-refractivity contribution < 1.29 is 9.21 Å². The molecular formula is C12H19N5O2. The van der Waals surface area contributed by atoms with Gasteiger partial charge in [-0.15, -0.1) is 5.10 Å². The molecule has 1 aromatic heterocycles. The molecular weight excluding hydrogens is 246 g/mol. The van der Waals surface area contributed by atoms with Gasteiger partial charge < -0.3 is 10.2 Å². The molecule has 1 saturated carbocycles. The first-order valence-electron chi connectivity index (χ1n) is 6.73. The van der Waals surface area contributed by atoms with E-state index in [1.807, 2.05) is 4.90 Å². The van der Waals surface area contributed by atoms with Crippen molar-refractivity contribution in [2.24, 2.45) is 11.7 Å². The Hall–Kier alpha value is -1.47. The molecule has 1 saturated heterocycles. The lowest BCUT2D eigenvalue weighted by Crippen LogP contribution is -2.33. The maximum atomic E-state index is 11.9. The molecule has 7 heteroatoms. The van der Waals surface area contributed by atoms with E-state index in [9.17, 15) is 4.79 Å². The van der Waals surface area contributed by atoms with Gasteiger partial charge in [0.25, 0.3) is 0 Å². The summed E-state index contributed by atoms with van der Waals surface area (Å²) in [5.74, 6) is 1.33. The molecule has 0 aromatic carbocycles. The number of nitrogens with one attached hydrogen (secondary N) is 1. The van der Waals surface area contributed by atoms with Crippen LogP contribution in [0.25, 0.3) is 0 Å². The van der Waals surface area contributed by atoms with Crippen molar-refractivity contribution in [3.63, 3.8) is 0 Å². The normalized spacial score (nSPS) is 27.7. The molecule has 1 aliphatic carbocycles. The molecule has 19 heavy (non-hydrogen) atoms. The van der Waals surface area contributed by atoms with Crippen LogP contribution in [0.5, 0.6) is 0 Å². The Labute approximate surface area is 111 Å². The van der Waals surface area contributed by atoms with E-state index in [1.165, 1.54) is 0 Å². The first-order chi connectivity index (χ1) is 9.11. The molecule has 0 radical (unpaired) electrons. The summed E-state index contributed by atoms with van der Waals surface area (Å²) < 4.78 is 5.39. The molecule has 3 rings (SSSR count). The summed E-state index contributed by atoms with van der Waals surface area (Å²) in [4.78, 5) is 13.9. The second-order valence-electron chi connectivity index (χ2n) is 5.60. The number of likely N-dealkylation sites (tertiary alicyclic amines) is 1. The highest BCUT2D eigenvalue weighted by Gasteiger charge is 2.30. The van der Waals surface area contributed by atoms with Gasteiger partial charge in [0.05, 0.1) is 6.54 Å². The van der Waals surface area contributed by atoms with Crippen molar-refractivity contribution in [1.82, 2.24) is 15.1 Å². The molecule has 1 aliphatic heterocycles. The van der Waals surface area contributed by atoms with Gasteiger partial charge in [0.15, 0.2) is 0 Å². The third-order valence-electron chi connectivity index (χ3n) is 3.73. The fourth-order valence-electron chi connectivity index (χ4n) is 2.37. The second-order valence-corrected chi connectivity index (χ2v) is 5.60. The van der Waals surface area contributed by atoms with E-state index >= 15 is 0 Å². The van der Waals surface area contributed by atoms with Crippen molar-refractivity contribution in [1.29, 1.82) is 0 Å². The minimum Gasteiger partial charge on any atom is -0.408 e. The van der Waals surface area contributed by atoms with Crippen molar-refractivity contribution >= 4 is 11.9 Å². The molecule has 2 unspecified atom stereocenters. The number of hydrogen-bond donors (Lipinski definition) is 2. The van der Waals surface area contributed by atoms with E-state index in [4.69, 9.17) is 10.2 Å². The van der Waals surface area contributed by atoms with Crippen molar-refractivity contribution in [2.75, 3.05) is 25.0 Å². The molecule has 1 aromatic rings. The minimum absolute atomic E-state index is 0.132. The van der Waals surface area contributed by atoms with E-state index in [0.29, 0.717) is 24.3 Å². The van der Waals surface area contributed by atoms with Crippen LogP contribution in [0.2, 0.25) is 0 Å². The van der Waals surface area contributed by atoms with E-state index in [2.05, 4.69) is 22.4 Å². The summed E-state index contributed by atoms with van der Waals surface area (Å²) in [7, 11) is 0. The van der Waals surface area contributed by atoms with Gasteiger partial charge in [-0.3, -0.25) is 15.0 Å². The number of rotatable bonds is 4. The van der Waals surface area contributed by atoms with Crippen molar-refractivity contribution in [3.05, 3.63) is 5.89 Å². The standard InChI is InChI=1S/C12H19N5O2/c1-7-4-17(5-9(7)13)6-10(18)14-12-16-15-11(19-12)8-2-3-8/h7-9H,2-6,13H2,1H3,(H,14,16,18). The Balaban J connectivity index is 1.50. The van der Waals surface area contributed by atoms with Gasteiger partial charge in [-0.2, -0.15) is 0 Å². The van der Waals surface area contributed by atoms with Crippen LogP contribution in [0.15, 0.2) is 4.42 Å². The molecule has 2 atom stereocenters. The SMILES string of the molecule is CC1CN(CC(=O)Nc2nnc(C3CC3)o2)CC1N. The van der Waals surface area contributed by atoms with Crippen LogP contribution in [0.3, 0.4) is 0 Å². The fraction of sp³-hybridized carbons (Fsp3) is 0.750. The molecule has 1 amide bonds. The summed E-state index contributed by atoms with van der Waals surface area (Å²) >= 11 is 0. The van der Waals surface area contributed by atoms with Crippen molar-refractivity contribution in [2.45, 2.75) is 31.7 Å². The number of carbonyl (C=O) groups is 1. The maximum absolute atomic E-state index is 11.9. The van der Waals surface area contributed by atoms with Crippen LogP contribution in [-0.4, -0.2) is 46.7 Å². The highest BCUT2D eigenvalue weighted by atomic mass is 16.4. The Kier molecular flexibility index (Phi) is 3.24. The summed E-state index contributed by atoms with van der Waals surface area (Å²) in [6, 6.07) is 0.348. The van der Waals surface area contributed by atoms with E-state index < -0.39 is 0 Å². The van der Waals surface area contributed by atoms with Crippen LogP contribution in [0, 0.1) is 5.92 Å². The van der Waals surface area contributed by atoms with E-state index in [-0.39, 0.29) is 18.0 Å². The smallest absolute Gasteiger partial charge is 0.322 e. The number of aromatic nitrogens is 2. The topological polar surface area (TPSA) is 97.3 Å². The van der Waals surface area contributed by atoms with Crippen molar-refractivity contribution in [3.8, 4) is 0 Å². The zero-order chi connectivity index (χ0) is 13.4. The van der Waals surface area contributed by atoms with Crippen LogP contribution in [0.1, 0.15) is 31.6 Å². The van der Waals surface area contributed by atoms with E-state index in [0.717, 1.165) is 25.9 Å². The maximum Gasteiger partial charge on any atom is 0.322 e. The molecule has 104 valence electrons. The molecule has 2 fully saturated rings. The quantitative estimate of drug-likeness (QED) is 0.805. The van der Waals surface area contributed by atoms with Gasteiger partial charge in [-0.05, 0) is 18.8 Å². The van der Waals surface area contributed by atoms with E-state index in [1.54, 1.807) is 0 Å². The highest BCUT2D eigenvalue weighted by Crippen LogP contribution is 2.39. The molecule has 0 bridgehead atoms. The first kappa shape index (κ1) is 12.6. The van der Waals surface area contributed by atoms with Gasteiger partial charge in [0.2, 0.25) is 11.8 Å². The minimum atomic E-state index is -0.132. The van der Waals surface area contributed by atoms with Gasteiger partial charge in [0, 0.05) is 25.0 Å². The summed E-state index contributed by atoms with van der Waals surface area (Å²) in [5, 5.41) is 10.4. The third kappa shape index (κ3) is 2.93. The second kappa shape index (κ2) is 4.90. The molecule has 7 nitrogen and oxygen atoms in total. The monoisotopic (exact) mass is 265 g/mol. The van der Waals surface area contributed by atoms with Gasteiger partial charge in [-0.25, -0.2) is 0 Å². The third-order valence-corrected chi connectivity index (χ3v) is 3.73. The lowest BCUT2D eigenvalue weighted by molar-refractivity contribution is -0.117. The fourth-order valence-corrected chi connectivity index (χ4v) is 2.37. The number of nitrogens with two attached hydrogens (primary N) is 1. The molecule has 2 aliphatic rings. The number of amides is 1. The Bertz CT molecular complexity index is 460. The average molecular weight is 265 g/mol. The summed E-state index contributed by atoms with van der Waals surface area (Å²) in [5.41, 5.74) is 5.93.